The highest BCUT2D eigenvalue weighted by Gasteiger charge is 2.54. The van der Waals surface area contributed by atoms with Gasteiger partial charge in [0.2, 0.25) is 0 Å². The second-order valence-corrected chi connectivity index (χ2v) is 16.4. The van der Waals surface area contributed by atoms with Gasteiger partial charge in [-0.15, -0.1) is 0 Å². The summed E-state index contributed by atoms with van der Waals surface area (Å²) in [5.41, 5.74) is 4.87. The van der Waals surface area contributed by atoms with Crippen LogP contribution in [0.4, 0.5) is 11.4 Å². The minimum absolute atomic E-state index is 0.0567. The first-order valence-electron chi connectivity index (χ1n) is 18.8. The second kappa shape index (κ2) is 16.6. The quantitative estimate of drug-likeness (QED) is 0.144. The molecule has 2 aliphatic rings. The van der Waals surface area contributed by atoms with Crippen molar-refractivity contribution in [2.45, 2.75) is 61.1 Å². The number of anilines is 2. The first-order chi connectivity index (χ1) is 27.2. The van der Waals surface area contributed by atoms with Crippen LogP contribution in [0.3, 0.4) is 0 Å². The Hall–Kier alpha value is -4.33. The van der Waals surface area contributed by atoms with E-state index in [2.05, 4.69) is 24.3 Å². The summed E-state index contributed by atoms with van der Waals surface area (Å²) >= 11 is 26.5. The van der Waals surface area contributed by atoms with Gasteiger partial charge < -0.3 is 20.0 Å². The van der Waals surface area contributed by atoms with E-state index in [1.807, 2.05) is 107 Å². The predicted molar refractivity (Wildman–Crippen MR) is 228 cm³/mol. The monoisotopic (exact) mass is 820 g/mol. The van der Waals surface area contributed by atoms with E-state index in [1.54, 1.807) is 36.4 Å². The number of halogens is 4. The molecule has 5 nitrogen and oxygen atoms in total. The molecule has 284 valence electrons. The lowest BCUT2D eigenvalue weighted by molar-refractivity contribution is -0.123. The molecule has 8 atom stereocenters. The lowest BCUT2D eigenvalue weighted by Crippen LogP contribution is -2.49. The Labute approximate surface area is 347 Å². The molecule has 6 aromatic rings. The van der Waals surface area contributed by atoms with Gasteiger partial charge in [0, 0.05) is 56.1 Å². The zero-order valence-corrected chi connectivity index (χ0v) is 33.3. The Kier molecular flexibility index (Phi) is 11.5. The average Bonchev–Trinajstić information content (AvgIpc) is 3.72. The number of aliphatic hydroxyl groups is 2. The number of nitrogens with zero attached hydrogens (tertiary/aromatic N) is 2. The third-order valence-corrected chi connectivity index (χ3v) is 12.3. The third kappa shape index (κ3) is 7.69. The zero-order chi connectivity index (χ0) is 38.9. The van der Waals surface area contributed by atoms with Gasteiger partial charge in [-0.1, -0.05) is 168 Å². The first-order valence-corrected chi connectivity index (χ1v) is 20.3. The fourth-order valence-corrected chi connectivity index (χ4v) is 10.3. The van der Waals surface area contributed by atoms with Gasteiger partial charge in [0.25, 0.3) is 0 Å². The Morgan fingerprint density at radius 1 is 0.482 bits per heavy atom. The summed E-state index contributed by atoms with van der Waals surface area (Å²) in [4.78, 5) is 20.3. The van der Waals surface area contributed by atoms with E-state index in [-0.39, 0.29) is 17.6 Å². The molecule has 0 amide bonds. The van der Waals surface area contributed by atoms with Crippen LogP contribution < -0.4 is 9.80 Å². The van der Waals surface area contributed by atoms with Crippen molar-refractivity contribution in [3.05, 3.63) is 200 Å². The Morgan fingerprint density at radius 2 is 0.786 bits per heavy atom. The molecule has 56 heavy (non-hydrogen) atoms. The minimum Gasteiger partial charge on any atom is -0.374 e. The van der Waals surface area contributed by atoms with Gasteiger partial charge in [0.15, 0.2) is 5.78 Å². The molecule has 8 rings (SSSR count). The summed E-state index contributed by atoms with van der Waals surface area (Å²) in [6, 6.07) is 49.1. The molecule has 0 saturated carbocycles. The molecule has 0 radical (unpaired) electrons. The van der Waals surface area contributed by atoms with Crippen LogP contribution >= 0.6 is 46.4 Å². The van der Waals surface area contributed by atoms with Crippen LogP contribution in [0.5, 0.6) is 0 Å². The fourth-order valence-electron chi connectivity index (χ4n) is 9.24. The van der Waals surface area contributed by atoms with Crippen molar-refractivity contribution in [1.82, 2.24) is 0 Å². The molecule has 9 heteroatoms. The van der Waals surface area contributed by atoms with Crippen molar-refractivity contribution in [3.63, 3.8) is 0 Å². The molecule has 2 unspecified atom stereocenters. The number of hydrogen-bond acceptors (Lipinski definition) is 5. The van der Waals surface area contributed by atoms with Crippen molar-refractivity contribution in [1.29, 1.82) is 0 Å². The van der Waals surface area contributed by atoms with E-state index in [1.165, 1.54) is 0 Å². The van der Waals surface area contributed by atoms with E-state index < -0.39 is 36.4 Å². The highest BCUT2D eigenvalue weighted by atomic mass is 35.5. The summed E-state index contributed by atoms with van der Waals surface area (Å²) in [6.45, 7) is 0. The van der Waals surface area contributed by atoms with Crippen molar-refractivity contribution < 1.29 is 15.0 Å². The summed E-state index contributed by atoms with van der Waals surface area (Å²) in [5.74, 6) is -2.15. The van der Waals surface area contributed by atoms with Gasteiger partial charge in [-0.25, -0.2) is 0 Å². The average molecular weight is 823 g/mol. The largest absolute Gasteiger partial charge is 0.374 e. The van der Waals surface area contributed by atoms with Crippen LogP contribution in [0.1, 0.15) is 58.8 Å². The van der Waals surface area contributed by atoms with Crippen molar-refractivity contribution in [2.75, 3.05) is 9.80 Å². The number of carbonyl (C=O) groups is 1. The SMILES string of the molecule is O=C(C(c1ccccc1)[C@H]1[C@H](c2ccccc2)C[C@@H](O)N1c1cc(Cl)cc(Cl)c1)C(c1ccccc1)[C@H]1[C@H](c2ccccc2)C[C@@H](O)N1c1cc(Cl)cc(Cl)c1. The maximum absolute atomic E-state index is 16.5. The summed E-state index contributed by atoms with van der Waals surface area (Å²) < 4.78 is 0. The molecule has 2 aliphatic heterocycles. The molecule has 0 aromatic heterocycles. The molecule has 0 spiro atoms. The smallest absolute Gasteiger partial charge is 0.151 e. The van der Waals surface area contributed by atoms with Crippen LogP contribution in [-0.2, 0) is 4.79 Å². The fraction of sp³-hybridized carbons (Fsp3) is 0.213. The molecular formula is C47H40Cl4N2O3. The highest BCUT2D eigenvalue weighted by molar-refractivity contribution is 6.35. The van der Waals surface area contributed by atoms with Gasteiger partial charge in [0.05, 0.1) is 23.9 Å². The third-order valence-electron chi connectivity index (χ3n) is 11.4. The number of carbonyl (C=O) groups excluding carboxylic acids is 1. The summed E-state index contributed by atoms with van der Waals surface area (Å²) in [5, 5.41) is 25.9. The molecular weight excluding hydrogens is 782 g/mol. The van der Waals surface area contributed by atoms with Crippen LogP contribution in [0.15, 0.2) is 158 Å². The van der Waals surface area contributed by atoms with Crippen LogP contribution in [0.25, 0.3) is 0 Å². The second-order valence-electron chi connectivity index (χ2n) is 14.7. The molecule has 2 N–H and O–H groups in total. The predicted octanol–water partition coefficient (Wildman–Crippen LogP) is 11.5. The molecule has 0 aliphatic carbocycles. The van der Waals surface area contributed by atoms with E-state index in [0.717, 1.165) is 22.3 Å². The minimum atomic E-state index is -0.954. The topological polar surface area (TPSA) is 64.0 Å². The van der Waals surface area contributed by atoms with E-state index in [9.17, 15) is 10.2 Å². The number of hydrogen-bond donors (Lipinski definition) is 2. The molecule has 6 aromatic carbocycles. The first kappa shape index (κ1) is 38.5. The zero-order valence-electron chi connectivity index (χ0n) is 30.3. The van der Waals surface area contributed by atoms with Crippen LogP contribution in [-0.4, -0.2) is 40.5 Å². The normalized spacial score (nSPS) is 23.2. The van der Waals surface area contributed by atoms with E-state index in [4.69, 9.17) is 46.4 Å². The van der Waals surface area contributed by atoms with Gasteiger partial charge in [-0.05, 0) is 58.7 Å². The van der Waals surface area contributed by atoms with Gasteiger partial charge in [0.1, 0.15) is 12.5 Å². The lowest BCUT2D eigenvalue weighted by Gasteiger charge is -2.42. The number of aliphatic hydroxyl groups excluding tert-OH is 2. The number of Topliss-reactive ketones (excluding diaryl/α,β-unsaturated/α-hetero) is 1. The Bertz CT molecular complexity index is 2080. The maximum atomic E-state index is 16.5. The Balaban J connectivity index is 1.37. The van der Waals surface area contributed by atoms with Crippen LogP contribution in [0.2, 0.25) is 20.1 Å². The maximum Gasteiger partial charge on any atom is 0.151 e. The Morgan fingerprint density at radius 3 is 1.11 bits per heavy atom. The summed E-state index contributed by atoms with van der Waals surface area (Å²) in [7, 11) is 0. The number of benzene rings is 6. The highest BCUT2D eigenvalue weighted by Crippen LogP contribution is 2.52. The molecule has 0 bridgehead atoms. The van der Waals surface area contributed by atoms with Crippen molar-refractivity contribution in [2.24, 2.45) is 0 Å². The van der Waals surface area contributed by atoms with Crippen molar-refractivity contribution >= 4 is 63.6 Å². The lowest BCUT2D eigenvalue weighted by atomic mass is 9.70. The number of ketones is 1. The van der Waals surface area contributed by atoms with Crippen LogP contribution in [0, 0.1) is 0 Å². The summed E-state index contributed by atoms with van der Waals surface area (Å²) in [6.07, 6.45) is -1.17. The molecule has 2 heterocycles. The van der Waals surface area contributed by atoms with E-state index >= 15 is 4.79 Å². The number of rotatable bonds is 10. The van der Waals surface area contributed by atoms with Gasteiger partial charge in [-0.3, -0.25) is 4.79 Å². The molecule has 2 saturated heterocycles. The standard InChI is InChI=1S/C47H40Cl4N2O3/c48-33-21-34(49)24-37(23-33)52-41(54)27-39(29-13-5-1-6-14-29)45(52)43(31-17-9-3-10-18-31)47(56)44(32-19-11-4-12-20-32)46-40(30-15-7-2-8-16-30)28-42(55)53(46)38-25-35(50)22-36(51)26-38/h1-26,39-46,54-55H,27-28H2/t39-,40-,41+,42+,43?,44?,45+,46+/m0/s1. The van der Waals surface area contributed by atoms with Gasteiger partial charge in [-0.2, -0.15) is 0 Å². The molecule has 2 fully saturated rings. The van der Waals surface area contributed by atoms with Gasteiger partial charge >= 0.3 is 0 Å². The van der Waals surface area contributed by atoms with Crippen molar-refractivity contribution in [3.8, 4) is 0 Å². The van der Waals surface area contributed by atoms with E-state index in [0.29, 0.717) is 44.3 Å².